The molecule has 30 heavy (non-hydrogen) atoms. The minimum Gasteiger partial charge on any atom is -0.322 e. The van der Waals surface area contributed by atoms with Crippen molar-refractivity contribution in [3.63, 3.8) is 0 Å². The SMILES string of the molecule is O=C(CN1C(=O)CC(c2ccccc2)=Nc2cccnc21)Nc1ccc(Br)cc1F. The van der Waals surface area contributed by atoms with Crippen molar-refractivity contribution in [3.05, 3.63) is 82.7 Å². The Balaban J connectivity index is 1.60. The van der Waals surface area contributed by atoms with Gasteiger partial charge in [0.2, 0.25) is 11.8 Å². The van der Waals surface area contributed by atoms with Crippen LogP contribution in [0.15, 0.2) is 76.3 Å². The summed E-state index contributed by atoms with van der Waals surface area (Å²) in [6, 6.07) is 17.2. The molecule has 1 aromatic heterocycles. The molecule has 4 rings (SSSR count). The van der Waals surface area contributed by atoms with E-state index in [1.165, 1.54) is 23.2 Å². The Hall–Kier alpha value is -3.39. The predicted molar refractivity (Wildman–Crippen MR) is 117 cm³/mol. The first-order valence-electron chi connectivity index (χ1n) is 9.14. The highest BCUT2D eigenvalue weighted by Gasteiger charge is 2.27. The number of carbonyl (C=O) groups excluding carboxylic acids is 2. The smallest absolute Gasteiger partial charge is 0.244 e. The number of anilines is 2. The van der Waals surface area contributed by atoms with Crippen molar-refractivity contribution in [2.24, 2.45) is 4.99 Å². The van der Waals surface area contributed by atoms with Crippen molar-refractivity contribution in [2.75, 3.05) is 16.8 Å². The molecule has 2 aromatic carbocycles. The van der Waals surface area contributed by atoms with E-state index < -0.39 is 11.7 Å². The zero-order valence-electron chi connectivity index (χ0n) is 15.7. The molecule has 8 heteroatoms. The first-order chi connectivity index (χ1) is 14.5. The lowest BCUT2D eigenvalue weighted by atomic mass is 10.1. The van der Waals surface area contributed by atoms with Crippen LogP contribution in [0.1, 0.15) is 12.0 Å². The molecule has 2 amide bonds. The van der Waals surface area contributed by atoms with E-state index in [9.17, 15) is 14.0 Å². The molecule has 1 N–H and O–H groups in total. The summed E-state index contributed by atoms with van der Waals surface area (Å²) < 4.78 is 14.6. The summed E-state index contributed by atoms with van der Waals surface area (Å²) in [5.41, 5.74) is 1.94. The standard InChI is InChI=1S/C22H16BrFN4O2/c23-15-8-9-17(16(24)11-15)27-20(29)13-28-21(30)12-19(14-5-2-1-3-6-14)26-18-7-4-10-25-22(18)28/h1-11H,12-13H2,(H,27,29). The molecule has 0 saturated carbocycles. The molecular weight excluding hydrogens is 451 g/mol. The van der Waals surface area contributed by atoms with Crippen LogP contribution < -0.4 is 10.2 Å². The fraction of sp³-hybridized carbons (Fsp3) is 0.0909. The molecule has 2 heterocycles. The van der Waals surface area contributed by atoms with Gasteiger partial charge in [-0.1, -0.05) is 46.3 Å². The second kappa shape index (κ2) is 8.54. The van der Waals surface area contributed by atoms with Gasteiger partial charge in [-0.3, -0.25) is 14.5 Å². The van der Waals surface area contributed by atoms with Crippen LogP contribution in [-0.2, 0) is 9.59 Å². The molecule has 0 fully saturated rings. The third-order valence-electron chi connectivity index (χ3n) is 4.51. The van der Waals surface area contributed by atoms with Crippen molar-refractivity contribution in [3.8, 4) is 0 Å². The van der Waals surface area contributed by atoms with Gasteiger partial charge in [0.25, 0.3) is 0 Å². The second-order valence-electron chi connectivity index (χ2n) is 6.60. The summed E-state index contributed by atoms with van der Waals surface area (Å²) in [6.45, 7) is -0.310. The lowest BCUT2D eigenvalue weighted by Gasteiger charge is -2.20. The van der Waals surface area contributed by atoms with E-state index >= 15 is 0 Å². The van der Waals surface area contributed by atoms with E-state index in [4.69, 9.17) is 0 Å². The lowest BCUT2D eigenvalue weighted by molar-refractivity contribution is -0.120. The molecule has 0 atom stereocenters. The van der Waals surface area contributed by atoms with Crippen molar-refractivity contribution in [1.29, 1.82) is 0 Å². The van der Waals surface area contributed by atoms with E-state index in [-0.39, 0.29) is 24.6 Å². The maximum Gasteiger partial charge on any atom is 0.244 e. The molecular formula is C22H16BrFN4O2. The molecule has 0 radical (unpaired) electrons. The Bertz CT molecular complexity index is 1150. The summed E-state index contributed by atoms with van der Waals surface area (Å²) in [7, 11) is 0. The number of fused-ring (bicyclic) bond motifs is 1. The zero-order valence-corrected chi connectivity index (χ0v) is 17.3. The van der Waals surface area contributed by atoms with Crippen molar-refractivity contribution >= 4 is 50.6 Å². The van der Waals surface area contributed by atoms with Crippen LogP contribution in [0.5, 0.6) is 0 Å². The van der Waals surface area contributed by atoms with Gasteiger partial charge in [-0.05, 0) is 35.9 Å². The van der Waals surface area contributed by atoms with E-state index in [1.807, 2.05) is 30.3 Å². The molecule has 0 aliphatic carbocycles. The summed E-state index contributed by atoms with van der Waals surface area (Å²) >= 11 is 3.17. The maximum absolute atomic E-state index is 14.1. The van der Waals surface area contributed by atoms with Crippen molar-refractivity contribution in [2.45, 2.75) is 6.42 Å². The Morgan fingerprint density at radius 3 is 2.70 bits per heavy atom. The molecule has 6 nitrogen and oxygen atoms in total. The first kappa shape index (κ1) is 19.9. The van der Waals surface area contributed by atoms with Gasteiger partial charge in [-0.2, -0.15) is 0 Å². The van der Waals surface area contributed by atoms with Crippen molar-refractivity contribution < 1.29 is 14.0 Å². The second-order valence-corrected chi connectivity index (χ2v) is 7.52. The molecule has 0 unspecified atom stereocenters. The minimum absolute atomic E-state index is 0.0142. The van der Waals surface area contributed by atoms with Crippen LogP contribution in [-0.4, -0.2) is 29.1 Å². The number of aliphatic imine (C=N–C) groups is 1. The zero-order chi connectivity index (χ0) is 21.1. The van der Waals surface area contributed by atoms with Crippen LogP contribution in [0.25, 0.3) is 0 Å². The van der Waals surface area contributed by atoms with E-state index in [0.29, 0.717) is 21.7 Å². The number of benzene rings is 2. The van der Waals surface area contributed by atoms with Crippen LogP contribution in [0.2, 0.25) is 0 Å². The lowest BCUT2D eigenvalue weighted by Crippen LogP contribution is -2.39. The number of pyridine rings is 1. The van der Waals surface area contributed by atoms with Crippen LogP contribution >= 0.6 is 15.9 Å². The number of hydrogen-bond acceptors (Lipinski definition) is 4. The monoisotopic (exact) mass is 466 g/mol. The van der Waals surface area contributed by atoms with Gasteiger partial charge in [-0.25, -0.2) is 14.4 Å². The Morgan fingerprint density at radius 1 is 1.13 bits per heavy atom. The number of carbonyl (C=O) groups is 2. The average Bonchev–Trinajstić information content (AvgIpc) is 2.88. The third-order valence-corrected chi connectivity index (χ3v) is 5.00. The van der Waals surface area contributed by atoms with Gasteiger partial charge >= 0.3 is 0 Å². The largest absolute Gasteiger partial charge is 0.322 e. The molecule has 0 saturated heterocycles. The number of nitrogens with one attached hydrogen (secondary N) is 1. The highest BCUT2D eigenvalue weighted by Crippen LogP contribution is 2.31. The number of rotatable bonds is 4. The number of amides is 2. The highest BCUT2D eigenvalue weighted by molar-refractivity contribution is 9.10. The minimum atomic E-state index is -0.576. The fourth-order valence-corrected chi connectivity index (χ4v) is 3.44. The van der Waals surface area contributed by atoms with Gasteiger partial charge in [0.1, 0.15) is 18.0 Å². The molecule has 0 bridgehead atoms. The van der Waals surface area contributed by atoms with E-state index in [2.05, 4.69) is 31.2 Å². The molecule has 3 aromatic rings. The summed E-state index contributed by atoms with van der Waals surface area (Å²) in [4.78, 5) is 35.8. The molecule has 150 valence electrons. The average molecular weight is 467 g/mol. The number of nitrogens with zero attached hydrogens (tertiary/aromatic N) is 3. The van der Waals surface area contributed by atoms with Crippen molar-refractivity contribution in [1.82, 2.24) is 4.98 Å². The summed E-state index contributed by atoms with van der Waals surface area (Å²) in [6.07, 6.45) is 1.55. The summed E-state index contributed by atoms with van der Waals surface area (Å²) in [5.74, 6) is -1.14. The Labute approximate surface area is 180 Å². The number of halogens is 2. The fourth-order valence-electron chi connectivity index (χ4n) is 3.11. The maximum atomic E-state index is 14.1. The van der Waals surface area contributed by atoms with Crippen LogP contribution in [0, 0.1) is 5.82 Å². The predicted octanol–water partition coefficient (Wildman–Crippen LogP) is 4.48. The molecule has 1 aliphatic heterocycles. The Morgan fingerprint density at radius 2 is 1.93 bits per heavy atom. The highest BCUT2D eigenvalue weighted by atomic mass is 79.9. The number of hydrogen-bond donors (Lipinski definition) is 1. The van der Waals surface area contributed by atoms with Gasteiger partial charge in [0.05, 0.1) is 17.8 Å². The van der Waals surface area contributed by atoms with Gasteiger partial charge in [0, 0.05) is 10.7 Å². The third kappa shape index (κ3) is 4.28. The molecule has 0 spiro atoms. The van der Waals surface area contributed by atoms with Crippen LogP contribution in [0.4, 0.5) is 21.6 Å². The van der Waals surface area contributed by atoms with Gasteiger partial charge < -0.3 is 5.32 Å². The number of aromatic nitrogens is 1. The topological polar surface area (TPSA) is 74.7 Å². The normalized spacial score (nSPS) is 13.3. The van der Waals surface area contributed by atoms with E-state index in [1.54, 1.807) is 18.2 Å². The van der Waals surface area contributed by atoms with E-state index in [0.717, 1.165) is 5.56 Å². The van der Waals surface area contributed by atoms with Crippen LogP contribution in [0.3, 0.4) is 0 Å². The first-order valence-corrected chi connectivity index (χ1v) is 9.94. The van der Waals surface area contributed by atoms with Gasteiger partial charge in [-0.15, -0.1) is 0 Å². The Kier molecular flexibility index (Phi) is 5.67. The van der Waals surface area contributed by atoms with Gasteiger partial charge in [0.15, 0.2) is 5.82 Å². The quantitative estimate of drug-likeness (QED) is 0.615. The summed E-state index contributed by atoms with van der Waals surface area (Å²) in [5, 5.41) is 2.51. The molecule has 1 aliphatic rings.